The lowest BCUT2D eigenvalue weighted by Gasteiger charge is -2.24. The van der Waals surface area contributed by atoms with Gasteiger partial charge in [-0.2, -0.15) is 0 Å². The number of aliphatic carboxylic acids is 1. The summed E-state index contributed by atoms with van der Waals surface area (Å²) in [6.07, 6.45) is 1.45. The Morgan fingerprint density at radius 3 is 2.85 bits per heavy atom. The van der Waals surface area contributed by atoms with Gasteiger partial charge in [0.25, 0.3) is 0 Å². The lowest BCUT2D eigenvalue weighted by molar-refractivity contribution is -0.137. The topological polar surface area (TPSA) is 69.6 Å². The maximum absolute atomic E-state index is 12.2. The first kappa shape index (κ1) is 14.9. The van der Waals surface area contributed by atoms with E-state index in [2.05, 4.69) is 5.32 Å². The average Bonchev–Trinajstić information content (AvgIpc) is 2.82. The highest BCUT2D eigenvalue weighted by Crippen LogP contribution is 2.30. The highest BCUT2D eigenvalue weighted by atomic mass is 35.5. The Kier molecular flexibility index (Phi) is 4.73. The fraction of sp³-hybridized carbons (Fsp3) is 0.385. The van der Waals surface area contributed by atoms with E-state index in [1.54, 1.807) is 18.2 Å². The number of nitrogens with one attached hydrogen (secondary N) is 1. The lowest BCUT2D eigenvalue weighted by Crippen LogP contribution is -2.39. The van der Waals surface area contributed by atoms with Crippen LogP contribution < -0.4 is 5.32 Å². The van der Waals surface area contributed by atoms with Crippen molar-refractivity contribution in [2.24, 2.45) is 0 Å². The molecule has 1 heterocycles. The summed E-state index contributed by atoms with van der Waals surface area (Å²) in [5.41, 5.74) is 0.421. The highest BCUT2D eigenvalue weighted by molar-refractivity contribution is 6.43. The number of benzene rings is 1. The second-order valence-electron chi connectivity index (χ2n) is 4.62. The summed E-state index contributed by atoms with van der Waals surface area (Å²) >= 11 is 11.9. The zero-order valence-corrected chi connectivity index (χ0v) is 12.1. The van der Waals surface area contributed by atoms with Crippen LogP contribution in [0.25, 0.3) is 0 Å². The highest BCUT2D eigenvalue weighted by Gasteiger charge is 2.30. The molecule has 20 heavy (non-hydrogen) atoms. The zero-order chi connectivity index (χ0) is 14.7. The van der Waals surface area contributed by atoms with Gasteiger partial charge in [-0.15, -0.1) is 0 Å². The van der Waals surface area contributed by atoms with E-state index in [-0.39, 0.29) is 23.5 Å². The number of urea groups is 1. The molecule has 5 nitrogen and oxygen atoms in total. The van der Waals surface area contributed by atoms with Crippen LogP contribution in [-0.4, -0.2) is 34.6 Å². The van der Waals surface area contributed by atoms with E-state index >= 15 is 0 Å². The molecule has 1 aliphatic heterocycles. The van der Waals surface area contributed by atoms with Gasteiger partial charge in [0.15, 0.2) is 0 Å². The molecular weight excluding hydrogens is 303 g/mol. The number of carbonyl (C=O) groups is 2. The van der Waals surface area contributed by atoms with Gasteiger partial charge in [-0.25, -0.2) is 4.79 Å². The van der Waals surface area contributed by atoms with Crippen molar-refractivity contribution in [1.29, 1.82) is 0 Å². The van der Waals surface area contributed by atoms with E-state index in [4.69, 9.17) is 28.3 Å². The fourth-order valence-corrected chi connectivity index (χ4v) is 2.65. The molecule has 0 aliphatic carbocycles. The van der Waals surface area contributed by atoms with Crippen LogP contribution >= 0.6 is 23.2 Å². The number of nitrogens with zero attached hydrogens (tertiary/aromatic N) is 1. The number of hydrogen-bond donors (Lipinski definition) is 2. The number of amides is 2. The van der Waals surface area contributed by atoms with Crippen LogP contribution in [0.3, 0.4) is 0 Å². The van der Waals surface area contributed by atoms with Crippen molar-refractivity contribution < 1.29 is 14.7 Å². The summed E-state index contributed by atoms with van der Waals surface area (Å²) in [6.45, 7) is 0.544. The molecule has 0 saturated carbocycles. The van der Waals surface area contributed by atoms with Gasteiger partial charge in [-0.1, -0.05) is 29.3 Å². The van der Waals surface area contributed by atoms with Crippen molar-refractivity contribution in [1.82, 2.24) is 4.90 Å². The SMILES string of the molecule is O=C(O)CC1CCCN1C(=O)Nc1cccc(Cl)c1Cl. The Balaban J connectivity index is 2.07. The minimum absolute atomic E-state index is 0.0449. The summed E-state index contributed by atoms with van der Waals surface area (Å²) < 4.78 is 0. The summed E-state index contributed by atoms with van der Waals surface area (Å²) in [7, 11) is 0. The van der Waals surface area contributed by atoms with Crippen molar-refractivity contribution >= 4 is 40.9 Å². The van der Waals surface area contributed by atoms with Crippen molar-refractivity contribution in [3.05, 3.63) is 28.2 Å². The van der Waals surface area contributed by atoms with Gasteiger partial charge in [0.05, 0.1) is 22.2 Å². The molecule has 0 bridgehead atoms. The summed E-state index contributed by atoms with van der Waals surface area (Å²) in [5, 5.41) is 12.1. The predicted molar refractivity (Wildman–Crippen MR) is 77.5 cm³/mol. The quantitative estimate of drug-likeness (QED) is 0.897. The van der Waals surface area contributed by atoms with E-state index in [1.807, 2.05) is 0 Å². The number of halogens is 2. The molecule has 7 heteroatoms. The number of carboxylic acids is 1. The molecule has 1 aromatic rings. The van der Waals surface area contributed by atoms with Crippen LogP contribution in [0, 0.1) is 0 Å². The van der Waals surface area contributed by atoms with E-state index in [0.717, 1.165) is 6.42 Å². The maximum atomic E-state index is 12.2. The van der Waals surface area contributed by atoms with E-state index < -0.39 is 5.97 Å². The van der Waals surface area contributed by atoms with Gasteiger partial charge in [-0.05, 0) is 25.0 Å². The monoisotopic (exact) mass is 316 g/mol. The molecule has 2 rings (SSSR count). The number of anilines is 1. The molecule has 0 radical (unpaired) electrons. The molecule has 108 valence electrons. The molecule has 1 aliphatic rings. The maximum Gasteiger partial charge on any atom is 0.322 e. The lowest BCUT2D eigenvalue weighted by atomic mass is 10.1. The number of likely N-dealkylation sites (tertiary alicyclic amines) is 1. The molecular formula is C13H14Cl2N2O3. The molecule has 2 amide bonds. The van der Waals surface area contributed by atoms with Crippen molar-refractivity contribution in [3.8, 4) is 0 Å². The number of hydrogen-bond acceptors (Lipinski definition) is 2. The third kappa shape index (κ3) is 3.35. The third-order valence-electron chi connectivity index (χ3n) is 3.24. The molecule has 1 fully saturated rings. The standard InChI is InChI=1S/C13H14Cl2N2O3/c14-9-4-1-5-10(12(9)15)16-13(20)17-6-2-3-8(17)7-11(18)19/h1,4-5,8H,2-3,6-7H2,(H,16,20)(H,18,19). The zero-order valence-electron chi connectivity index (χ0n) is 10.6. The van der Waals surface area contributed by atoms with E-state index in [0.29, 0.717) is 23.7 Å². The minimum atomic E-state index is -0.907. The van der Waals surface area contributed by atoms with Gasteiger partial charge < -0.3 is 15.3 Å². The van der Waals surface area contributed by atoms with Crippen molar-refractivity contribution in [2.45, 2.75) is 25.3 Å². The second kappa shape index (κ2) is 6.33. The first-order valence-corrected chi connectivity index (χ1v) is 6.98. The van der Waals surface area contributed by atoms with Crippen LogP contribution in [0.2, 0.25) is 10.0 Å². The summed E-state index contributed by atoms with van der Waals surface area (Å²) in [4.78, 5) is 24.5. The fourth-order valence-electron chi connectivity index (χ4n) is 2.30. The third-order valence-corrected chi connectivity index (χ3v) is 4.06. The van der Waals surface area contributed by atoms with Gasteiger partial charge in [0, 0.05) is 12.6 Å². The molecule has 1 unspecified atom stereocenters. The minimum Gasteiger partial charge on any atom is -0.481 e. The Morgan fingerprint density at radius 2 is 2.15 bits per heavy atom. The number of carbonyl (C=O) groups excluding carboxylic acids is 1. The van der Waals surface area contributed by atoms with Gasteiger partial charge in [0.2, 0.25) is 0 Å². The summed E-state index contributed by atoms with van der Waals surface area (Å²) in [5.74, 6) is -0.907. The van der Waals surface area contributed by atoms with Gasteiger partial charge in [0.1, 0.15) is 0 Å². The first-order chi connectivity index (χ1) is 9.49. The van der Waals surface area contributed by atoms with Crippen LogP contribution in [-0.2, 0) is 4.79 Å². The number of rotatable bonds is 3. The van der Waals surface area contributed by atoms with Gasteiger partial charge in [-0.3, -0.25) is 4.79 Å². The molecule has 1 saturated heterocycles. The van der Waals surface area contributed by atoms with Crippen LogP contribution in [0.4, 0.5) is 10.5 Å². The van der Waals surface area contributed by atoms with Gasteiger partial charge >= 0.3 is 12.0 Å². The Labute approximate surface area is 126 Å². The molecule has 0 aromatic heterocycles. The normalized spacial score (nSPS) is 18.1. The second-order valence-corrected chi connectivity index (χ2v) is 5.40. The Morgan fingerprint density at radius 1 is 1.40 bits per heavy atom. The van der Waals surface area contributed by atoms with Crippen LogP contribution in [0.5, 0.6) is 0 Å². The number of carboxylic acid groups (broad SMARTS) is 1. The van der Waals surface area contributed by atoms with E-state index in [1.165, 1.54) is 4.90 Å². The van der Waals surface area contributed by atoms with Crippen LogP contribution in [0.1, 0.15) is 19.3 Å². The molecule has 2 N–H and O–H groups in total. The predicted octanol–water partition coefficient (Wildman–Crippen LogP) is 3.46. The van der Waals surface area contributed by atoms with Crippen molar-refractivity contribution in [3.63, 3.8) is 0 Å². The molecule has 0 spiro atoms. The Hall–Kier alpha value is -1.46. The smallest absolute Gasteiger partial charge is 0.322 e. The molecule has 1 atom stereocenters. The van der Waals surface area contributed by atoms with E-state index in [9.17, 15) is 9.59 Å². The summed E-state index contributed by atoms with van der Waals surface area (Å²) in [6, 6.07) is 4.34. The average molecular weight is 317 g/mol. The first-order valence-electron chi connectivity index (χ1n) is 6.22. The molecule has 1 aromatic carbocycles. The largest absolute Gasteiger partial charge is 0.481 e. The van der Waals surface area contributed by atoms with Crippen molar-refractivity contribution in [2.75, 3.05) is 11.9 Å². The van der Waals surface area contributed by atoms with Crippen LogP contribution in [0.15, 0.2) is 18.2 Å². The Bertz CT molecular complexity index is 536.